The molecule has 2 heterocycles. The summed E-state index contributed by atoms with van der Waals surface area (Å²) >= 11 is 0. The Balaban J connectivity index is 1.48. The van der Waals surface area contributed by atoms with Crippen LogP contribution in [0.25, 0.3) is 0 Å². The Morgan fingerprint density at radius 3 is 2.80 bits per heavy atom. The van der Waals surface area contributed by atoms with E-state index < -0.39 is 0 Å². The lowest BCUT2D eigenvalue weighted by Gasteiger charge is -2.36. The number of rotatable bonds is 3. The summed E-state index contributed by atoms with van der Waals surface area (Å²) in [4.78, 5) is 14.4. The SMILES string of the molecule is CC(C)(C)NC(=O)NC1CCCN(CC2COc3ccccc3O2)C1. The van der Waals surface area contributed by atoms with Crippen LogP contribution in [0.2, 0.25) is 0 Å². The molecule has 0 spiro atoms. The molecule has 6 heteroatoms. The fraction of sp³-hybridized carbons (Fsp3) is 0.632. The van der Waals surface area contributed by atoms with Crippen LogP contribution in [0.4, 0.5) is 4.79 Å². The molecule has 1 saturated heterocycles. The molecule has 0 bridgehead atoms. The number of nitrogens with one attached hydrogen (secondary N) is 2. The van der Waals surface area contributed by atoms with Crippen molar-refractivity contribution in [3.8, 4) is 11.5 Å². The zero-order chi connectivity index (χ0) is 17.9. The summed E-state index contributed by atoms with van der Waals surface area (Å²) in [6.45, 7) is 9.21. The van der Waals surface area contributed by atoms with E-state index in [2.05, 4.69) is 15.5 Å². The molecule has 138 valence electrons. The zero-order valence-corrected chi connectivity index (χ0v) is 15.4. The number of likely N-dealkylation sites (tertiary alicyclic amines) is 1. The van der Waals surface area contributed by atoms with Crippen molar-refractivity contribution in [1.82, 2.24) is 15.5 Å². The van der Waals surface area contributed by atoms with Crippen molar-refractivity contribution >= 4 is 6.03 Å². The Bertz CT molecular complexity index is 600. The standard InChI is InChI=1S/C19H29N3O3/c1-19(2,3)21-18(23)20-14-7-6-10-22(11-14)12-15-13-24-16-8-4-5-9-17(16)25-15/h4-5,8-9,14-15H,6-7,10-13H2,1-3H3,(H2,20,21,23). The van der Waals surface area contributed by atoms with Gasteiger partial charge in [0.1, 0.15) is 12.7 Å². The minimum Gasteiger partial charge on any atom is -0.486 e. The smallest absolute Gasteiger partial charge is 0.315 e. The number of fused-ring (bicyclic) bond motifs is 1. The first-order valence-electron chi connectivity index (χ1n) is 9.08. The maximum Gasteiger partial charge on any atom is 0.315 e. The van der Waals surface area contributed by atoms with E-state index in [9.17, 15) is 4.79 Å². The van der Waals surface area contributed by atoms with Gasteiger partial charge < -0.3 is 20.1 Å². The maximum absolute atomic E-state index is 12.1. The summed E-state index contributed by atoms with van der Waals surface area (Å²) in [5.41, 5.74) is -0.223. The molecule has 0 saturated carbocycles. The van der Waals surface area contributed by atoms with Crippen molar-refractivity contribution in [3.63, 3.8) is 0 Å². The van der Waals surface area contributed by atoms with Gasteiger partial charge in [-0.25, -0.2) is 4.79 Å². The summed E-state index contributed by atoms with van der Waals surface area (Å²) in [6, 6.07) is 7.86. The lowest BCUT2D eigenvalue weighted by atomic mass is 10.1. The van der Waals surface area contributed by atoms with Crippen molar-refractivity contribution in [2.24, 2.45) is 0 Å². The van der Waals surface area contributed by atoms with Gasteiger partial charge in [-0.1, -0.05) is 12.1 Å². The van der Waals surface area contributed by atoms with E-state index in [1.54, 1.807) is 0 Å². The number of hydrogen-bond acceptors (Lipinski definition) is 4. The van der Waals surface area contributed by atoms with Gasteiger partial charge in [-0.15, -0.1) is 0 Å². The van der Waals surface area contributed by atoms with Gasteiger partial charge in [0.15, 0.2) is 11.5 Å². The Morgan fingerprint density at radius 1 is 1.28 bits per heavy atom. The lowest BCUT2D eigenvalue weighted by Crippen LogP contribution is -2.55. The van der Waals surface area contributed by atoms with Crippen molar-refractivity contribution in [1.29, 1.82) is 0 Å². The lowest BCUT2D eigenvalue weighted by molar-refractivity contribution is 0.0492. The predicted molar refractivity (Wildman–Crippen MR) is 97.2 cm³/mol. The molecule has 2 amide bonds. The Morgan fingerprint density at radius 2 is 2.04 bits per heavy atom. The molecule has 1 aromatic carbocycles. The maximum atomic E-state index is 12.1. The fourth-order valence-electron chi connectivity index (χ4n) is 3.34. The highest BCUT2D eigenvalue weighted by Gasteiger charge is 2.27. The molecule has 2 N–H and O–H groups in total. The summed E-state index contributed by atoms with van der Waals surface area (Å²) in [5.74, 6) is 1.63. The Kier molecular flexibility index (Phi) is 5.37. The summed E-state index contributed by atoms with van der Waals surface area (Å²) in [6.07, 6.45) is 2.11. The average molecular weight is 347 g/mol. The first kappa shape index (κ1) is 17.9. The van der Waals surface area contributed by atoms with Gasteiger partial charge in [0.25, 0.3) is 0 Å². The van der Waals surface area contributed by atoms with Crippen molar-refractivity contribution < 1.29 is 14.3 Å². The average Bonchev–Trinajstić information content (AvgIpc) is 2.53. The number of para-hydroxylation sites is 2. The highest BCUT2D eigenvalue weighted by Crippen LogP contribution is 2.31. The van der Waals surface area contributed by atoms with E-state index >= 15 is 0 Å². The molecule has 25 heavy (non-hydrogen) atoms. The van der Waals surface area contributed by atoms with Crippen LogP contribution < -0.4 is 20.1 Å². The second kappa shape index (κ2) is 7.52. The third kappa shape index (κ3) is 5.26. The van der Waals surface area contributed by atoms with Crippen LogP contribution in [-0.2, 0) is 0 Å². The van der Waals surface area contributed by atoms with Crippen LogP contribution in [0, 0.1) is 0 Å². The van der Waals surface area contributed by atoms with Crippen molar-refractivity contribution in [3.05, 3.63) is 24.3 Å². The number of piperidine rings is 1. The van der Waals surface area contributed by atoms with Gasteiger partial charge in [0.05, 0.1) is 0 Å². The Labute approximate surface area is 149 Å². The highest BCUT2D eigenvalue weighted by atomic mass is 16.6. The molecule has 2 aliphatic heterocycles. The van der Waals surface area contributed by atoms with Gasteiger partial charge in [-0.2, -0.15) is 0 Å². The van der Waals surface area contributed by atoms with E-state index in [0.29, 0.717) is 6.61 Å². The predicted octanol–water partition coefficient (Wildman–Crippen LogP) is 2.39. The zero-order valence-electron chi connectivity index (χ0n) is 15.4. The molecule has 2 unspecified atom stereocenters. The highest BCUT2D eigenvalue weighted by molar-refractivity contribution is 5.75. The third-order valence-electron chi connectivity index (χ3n) is 4.36. The molecule has 6 nitrogen and oxygen atoms in total. The number of amides is 2. The molecular weight excluding hydrogens is 318 g/mol. The largest absolute Gasteiger partial charge is 0.486 e. The van der Waals surface area contributed by atoms with E-state index in [1.165, 1.54) is 0 Å². The first-order valence-corrected chi connectivity index (χ1v) is 9.08. The number of urea groups is 1. The minimum atomic E-state index is -0.223. The van der Waals surface area contributed by atoms with Crippen LogP contribution in [0.1, 0.15) is 33.6 Å². The number of ether oxygens (including phenoxy) is 2. The second-order valence-electron chi connectivity index (χ2n) is 7.94. The molecule has 0 aromatic heterocycles. The molecule has 0 radical (unpaired) electrons. The van der Waals surface area contributed by atoms with Gasteiger partial charge in [-0.05, 0) is 52.3 Å². The molecule has 2 atom stereocenters. The summed E-state index contributed by atoms with van der Waals surface area (Å²) in [5, 5.41) is 6.05. The summed E-state index contributed by atoms with van der Waals surface area (Å²) in [7, 11) is 0. The molecule has 1 fully saturated rings. The van der Waals surface area contributed by atoms with Crippen molar-refractivity contribution in [2.45, 2.75) is 51.3 Å². The molecule has 1 aromatic rings. The third-order valence-corrected chi connectivity index (χ3v) is 4.36. The van der Waals surface area contributed by atoms with Crippen LogP contribution in [0.3, 0.4) is 0 Å². The van der Waals surface area contributed by atoms with Gasteiger partial charge in [-0.3, -0.25) is 4.90 Å². The number of benzene rings is 1. The monoisotopic (exact) mass is 347 g/mol. The first-order chi connectivity index (χ1) is 11.9. The second-order valence-corrected chi connectivity index (χ2v) is 7.94. The number of nitrogens with zero attached hydrogens (tertiary/aromatic N) is 1. The van der Waals surface area contributed by atoms with E-state index in [0.717, 1.165) is 44.0 Å². The minimum absolute atomic E-state index is 0.0250. The van der Waals surface area contributed by atoms with Crippen LogP contribution in [0.15, 0.2) is 24.3 Å². The normalized spacial score (nSPS) is 23.8. The number of hydrogen-bond donors (Lipinski definition) is 2. The summed E-state index contributed by atoms with van der Waals surface area (Å²) < 4.78 is 11.8. The van der Waals surface area contributed by atoms with Gasteiger partial charge in [0.2, 0.25) is 0 Å². The molecule has 3 rings (SSSR count). The molecule has 0 aliphatic carbocycles. The van der Waals surface area contributed by atoms with Crippen LogP contribution >= 0.6 is 0 Å². The van der Waals surface area contributed by atoms with Crippen LogP contribution in [-0.4, -0.2) is 54.9 Å². The molecular formula is C19H29N3O3. The fourth-order valence-corrected chi connectivity index (χ4v) is 3.34. The van der Waals surface area contributed by atoms with E-state index in [1.807, 2.05) is 45.0 Å². The number of carbonyl (C=O) groups excluding carboxylic acids is 1. The Hall–Kier alpha value is -1.95. The number of carbonyl (C=O) groups is 1. The van der Waals surface area contributed by atoms with E-state index in [-0.39, 0.29) is 23.7 Å². The van der Waals surface area contributed by atoms with Gasteiger partial charge in [0, 0.05) is 24.7 Å². The quantitative estimate of drug-likeness (QED) is 0.881. The van der Waals surface area contributed by atoms with Crippen molar-refractivity contribution in [2.75, 3.05) is 26.2 Å². The van der Waals surface area contributed by atoms with Crippen LogP contribution in [0.5, 0.6) is 11.5 Å². The van der Waals surface area contributed by atoms with Gasteiger partial charge >= 0.3 is 6.03 Å². The molecule has 2 aliphatic rings. The van der Waals surface area contributed by atoms with E-state index in [4.69, 9.17) is 9.47 Å². The topological polar surface area (TPSA) is 62.8 Å².